The number of benzene rings is 1. The fourth-order valence-electron chi connectivity index (χ4n) is 3.67. The van der Waals surface area contributed by atoms with E-state index in [9.17, 15) is 0 Å². The van der Waals surface area contributed by atoms with Gasteiger partial charge in [0.15, 0.2) is 0 Å². The first-order valence-corrected chi connectivity index (χ1v) is 7.72. The van der Waals surface area contributed by atoms with Gasteiger partial charge in [-0.2, -0.15) is 0 Å². The average molecular weight is 267 g/mol. The first kappa shape index (κ1) is 12.2. The summed E-state index contributed by atoms with van der Waals surface area (Å²) in [5.41, 5.74) is 2.34. The van der Waals surface area contributed by atoms with Gasteiger partial charge in [0.05, 0.1) is 17.4 Å². The van der Waals surface area contributed by atoms with Crippen molar-refractivity contribution in [2.24, 2.45) is 11.8 Å². The smallest absolute Gasteiger partial charge is 0.0958 e. The molecule has 1 N–H and O–H groups in total. The van der Waals surface area contributed by atoms with Crippen molar-refractivity contribution in [1.29, 1.82) is 0 Å². The minimum absolute atomic E-state index is 0.735. The molecule has 1 saturated carbocycles. The molecule has 1 aromatic carbocycles. The Labute approximate surface area is 119 Å². The second-order valence-electron chi connectivity index (χ2n) is 6.08. The second-order valence-corrected chi connectivity index (χ2v) is 6.08. The number of imidazole rings is 1. The van der Waals surface area contributed by atoms with E-state index in [0.29, 0.717) is 0 Å². The van der Waals surface area contributed by atoms with Crippen molar-refractivity contribution in [2.45, 2.75) is 31.8 Å². The number of aryl methyl sites for hydroxylation is 1. The third-order valence-electron chi connectivity index (χ3n) is 4.87. The van der Waals surface area contributed by atoms with Crippen LogP contribution in [0.3, 0.4) is 0 Å². The lowest BCUT2D eigenvalue weighted by Crippen LogP contribution is -2.48. The van der Waals surface area contributed by atoms with Crippen LogP contribution >= 0.6 is 0 Å². The summed E-state index contributed by atoms with van der Waals surface area (Å²) in [5.74, 6) is 1.77. The molecule has 0 saturated heterocycles. The van der Waals surface area contributed by atoms with Crippen molar-refractivity contribution in [3.63, 3.8) is 0 Å². The molecule has 3 unspecified atom stereocenters. The van der Waals surface area contributed by atoms with Gasteiger partial charge in [-0.3, -0.25) is 0 Å². The van der Waals surface area contributed by atoms with Crippen molar-refractivity contribution >= 4 is 11.0 Å². The topological polar surface area (TPSA) is 29.9 Å². The van der Waals surface area contributed by atoms with Gasteiger partial charge in [-0.05, 0) is 49.8 Å². The zero-order chi connectivity index (χ0) is 13.4. The van der Waals surface area contributed by atoms with Crippen LogP contribution in [0.4, 0.5) is 0 Å². The number of hydrogen-bond acceptors (Lipinski definition) is 2. The van der Waals surface area contributed by atoms with E-state index in [4.69, 9.17) is 0 Å². The summed E-state index contributed by atoms with van der Waals surface area (Å²) < 4.78 is 2.26. The number of nitrogens with one attached hydrogen (secondary N) is 1. The minimum atomic E-state index is 0.735. The highest BCUT2D eigenvalue weighted by Gasteiger charge is 2.40. The molecule has 1 fully saturated rings. The third kappa shape index (κ3) is 2.06. The van der Waals surface area contributed by atoms with Gasteiger partial charge in [0.25, 0.3) is 0 Å². The zero-order valence-corrected chi connectivity index (χ0v) is 11.7. The summed E-state index contributed by atoms with van der Waals surface area (Å²) in [5, 5.41) is 3.72. The highest BCUT2D eigenvalue weighted by atomic mass is 15.0. The fraction of sp³-hybridized carbons (Fsp3) is 0.471. The van der Waals surface area contributed by atoms with Gasteiger partial charge in [0.2, 0.25) is 0 Å². The number of rotatable bonds is 5. The Balaban J connectivity index is 1.28. The Bertz CT molecular complexity index is 628. The Morgan fingerprint density at radius 1 is 1.30 bits per heavy atom. The molecule has 2 aliphatic rings. The Morgan fingerprint density at radius 3 is 3.20 bits per heavy atom. The third-order valence-corrected chi connectivity index (χ3v) is 4.87. The standard InChI is InChI=1S/C17H21N3/c1-2-8-17-15(7-1)19-12-20(17)10-4-9-18-16-11-13-5-3-6-14(13)16/h1-3,6-8,12-14,16,18H,4-5,9-11H2. The van der Waals surface area contributed by atoms with Crippen LogP contribution < -0.4 is 5.32 Å². The summed E-state index contributed by atoms with van der Waals surface area (Å²) in [7, 11) is 0. The van der Waals surface area contributed by atoms with Gasteiger partial charge >= 0.3 is 0 Å². The lowest BCUT2D eigenvalue weighted by molar-refractivity contribution is 0.163. The van der Waals surface area contributed by atoms with E-state index >= 15 is 0 Å². The van der Waals surface area contributed by atoms with E-state index in [1.165, 1.54) is 18.4 Å². The fourth-order valence-corrected chi connectivity index (χ4v) is 3.67. The zero-order valence-electron chi connectivity index (χ0n) is 11.7. The van der Waals surface area contributed by atoms with Crippen LogP contribution in [0, 0.1) is 11.8 Å². The van der Waals surface area contributed by atoms with Gasteiger partial charge in [0.1, 0.15) is 0 Å². The molecule has 4 rings (SSSR count). The summed E-state index contributed by atoms with van der Waals surface area (Å²) >= 11 is 0. The van der Waals surface area contributed by atoms with Gasteiger partial charge in [-0.1, -0.05) is 24.3 Å². The molecule has 20 heavy (non-hydrogen) atoms. The number of nitrogens with zero attached hydrogens (tertiary/aromatic N) is 2. The lowest BCUT2D eigenvalue weighted by Gasteiger charge is -2.40. The maximum Gasteiger partial charge on any atom is 0.0958 e. The Hall–Kier alpha value is -1.61. The number of para-hydroxylation sites is 2. The number of fused-ring (bicyclic) bond motifs is 2. The van der Waals surface area contributed by atoms with Gasteiger partial charge in [-0.25, -0.2) is 4.98 Å². The molecule has 0 amide bonds. The number of allylic oxidation sites excluding steroid dienone is 1. The molecule has 3 nitrogen and oxygen atoms in total. The molecule has 1 heterocycles. The molecule has 0 bridgehead atoms. The molecule has 0 spiro atoms. The highest BCUT2D eigenvalue weighted by molar-refractivity contribution is 5.74. The molecule has 3 atom stereocenters. The van der Waals surface area contributed by atoms with Crippen molar-refractivity contribution in [1.82, 2.24) is 14.9 Å². The molecule has 104 valence electrons. The maximum absolute atomic E-state index is 4.44. The minimum Gasteiger partial charge on any atom is -0.331 e. The number of hydrogen-bond donors (Lipinski definition) is 1. The molecule has 0 aliphatic heterocycles. The molecule has 0 radical (unpaired) electrons. The van der Waals surface area contributed by atoms with Crippen LogP contribution in [-0.4, -0.2) is 22.1 Å². The molecule has 2 aliphatic carbocycles. The summed E-state index contributed by atoms with van der Waals surface area (Å²) in [6.45, 7) is 2.15. The molecule has 2 aromatic rings. The van der Waals surface area contributed by atoms with E-state index in [1.807, 2.05) is 12.4 Å². The van der Waals surface area contributed by atoms with Crippen molar-refractivity contribution in [2.75, 3.05) is 6.54 Å². The van der Waals surface area contributed by atoms with Crippen molar-refractivity contribution < 1.29 is 0 Å². The van der Waals surface area contributed by atoms with E-state index in [1.54, 1.807) is 0 Å². The van der Waals surface area contributed by atoms with Crippen LogP contribution in [-0.2, 0) is 6.54 Å². The Morgan fingerprint density at radius 2 is 2.25 bits per heavy atom. The summed E-state index contributed by atoms with van der Waals surface area (Å²) in [6.07, 6.45) is 10.6. The highest BCUT2D eigenvalue weighted by Crippen LogP contribution is 2.42. The van der Waals surface area contributed by atoms with Gasteiger partial charge < -0.3 is 9.88 Å². The van der Waals surface area contributed by atoms with Gasteiger partial charge in [0, 0.05) is 12.6 Å². The predicted molar refractivity (Wildman–Crippen MR) is 81.5 cm³/mol. The summed E-state index contributed by atoms with van der Waals surface area (Å²) in [6, 6.07) is 9.09. The predicted octanol–water partition coefficient (Wildman–Crippen LogP) is 2.98. The Kier molecular flexibility index (Phi) is 3.07. The SMILES string of the molecule is C1=CC2C(C1)CC2NCCCn1cnc2ccccc21. The quantitative estimate of drug-likeness (QED) is 0.666. The van der Waals surface area contributed by atoms with Crippen LogP contribution in [0.5, 0.6) is 0 Å². The van der Waals surface area contributed by atoms with E-state index in [-0.39, 0.29) is 0 Å². The maximum atomic E-state index is 4.44. The van der Waals surface area contributed by atoms with E-state index in [0.717, 1.165) is 42.9 Å². The number of aromatic nitrogens is 2. The van der Waals surface area contributed by atoms with Crippen LogP contribution in [0.2, 0.25) is 0 Å². The van der Waals surface area contributed by atoms with Crippen molar-refractivity contribution in [3.8, 4) is 0 Å². The largest absolute Gasteiger partial charge is 0.331 e. The lowest BCUT2D eigenvalue weighted by atomic mass is 9.71. The van der Waals surface area contributed by atoms with E-state index in [2.05, 4.69) is 45.2 Å². The summed E-state index contributed by atoms with van der Waals surface area (Å²) in [4.78, 5) is 4.44. The normalized spacial score (nSPS) is 27.7. The van der Waals surface area contributed by atoms with E-state index < -0.39 is 0 Å². The molecule has 3 heteroatoms. The van der Waals surface area contributed by atoms with Crippen LogP contribution in [0.15, 0.2) is 42.7 Å². The van der Waals surface area contributed by atoms with Gasteiger partial charge in [-0.15, -0.1) is 0 Å². The van der Waals surface area contributed by atoms with Crippen LogP contribution in [0.1, 0.15) is 19.3 Å². The second kappa shape index (κ2) is 5.06. The molecular formula is C17H21N3. The molecule has 1 aromatic heterocycles. The molecular weight excluding hydrogens is 246 g/mol. The van der Waals surface area contributed by atoms with Crippen LogP contribution in [0.25, 0.3) is 11.0 Å². The first-order chi connectivity index (χ1) is 9.92. The average Bonchev–Trinajstić information content (AvgIpc) is 3.03. The monoisotopic (exact) mass is 267 g/mol. The first-order valence-electron chi connectivity index (χ1n) is 7.72. The van der Waals surface area contributed by atoms with Crippen molar-refractivity contribution in [3.05, 3.63) is 42.7 Å².